The molecule has 1 N–H and O–H groups in total. The maximum Gasteiger partial charge on any atom is 0.254 e. The third-order valence-corrected chi connectivity index (χ3v) is 6.55. The highest BCUT2D eigenvalue weighted by Crippen LogP contribution is 2.29. The maximum absolute atomic E-state index is 12.8. The minimum atomic E-state index is -3.37. The number of aromatic nitrogens is 1. The molecule has 7 heteroatoms. The molecule has 1 aliphatic carbocycles. The zero-order valence-electron chi connectivity index (χ0n) is 16.2. The number of rotatable bonds is 6. The van der Waals surface area contributed by atoms with Crippen LogP contribution in [0.3, 0.4) is 0 Å². The lowest BCUT2D eigenvalue weighted by Crippen LogP contribution is -2.49. The molecule has 0 spiro atoms. The Hall–Kier alpha value is -1.44. The second-order valence-electron chi connectivity index (χ2n) is 7.89. The average Bonchev–Trinajstić information content (AvgIpc) is 2.63. The number of aryl methyl sites for hydroxylation is 2. The number of sulfonamides is 1. The Balaban J connectivity index is 1.80. The first kappa shape index (κ1) is 20.3. The Morgan fingerprint density at radius 2 is 1.96 bits per heavy atom. The van der Waals surface area contributed by atoms with E-state index in [9.17, 15) is 13.2 Å². The summed E-state index contributed by atoms with van der Waals surface area (Å²) in [6.07, 6.45) is 8.76. The van der Waals surface area contributed by atoms with Gasteiger partial charge in [0.2, 0.25) is 10.0 Å². The van der Waals surface area contributed by atoms with Gasteiger partial charge in [-0.2, -0.15) is 0 Å². The monoisotopic (exact) mass is 394 g/mol. The molecule has 0 saturated heterocycles. The summed E-state index contributed by atoms with van der Waals surface area (Å²) in [5.74, 6) is 0.560. The molecule has 0 bridgehead atoms. The van der Waals surface area contributed by atoms with Gasteiger partial charge >= 0.3 is 0 Å². The molecule has 1 aromatic rings. The van der Waals surface area contributed by atoms with Gasteiger partial charge in [0.25, 0.3) is 5.56 Å². The smallest absolute Gasteiger partial charge is 0.254 e. The summed E-state index contributed by atoms with van der Waals surface area (Å²) in [6, 6.07) is 3.15. The molecule has 1 aliphatic heterocycles. The fourth-order valence-electron chi connectivity index (χ4n) is 4.27. The van der Waals surface area contributed by atoms with E-state index in [2.05, 4.69) is 11.3 Å². The topological polar surface area (TPSA) is 77.4 Å². The number of nitrogens with one attached hydrogen (secondary N) is 1. The third kappa shape index (κ3) is 4.89. The average molecular weight is 395 g/mol. The molecule has 0 amide bonds. The largest absolute Gasteiger partial charge is 0.376 e. The van der Waals surface area contributed by atoms with Crippen LogP contribution in [0.2, 0.25) is 0 Å². The molecule has 1 aromatic heterocycles. The number of fused-ring (bicyclic) bond motifs is 1. The van der Waals surface area contributed by atoms with E-state index in [1.807, 2.05) is 18.2 Å². The number of nitrogens with zero attached hydrogens (tertiary/aromatic N) is 1. The van der Waals surface area contributed by atoms with Crippen molar-refractivity contribution in [2.24, 2.45) is 5.92 Å². The van der Waals surface area contributed by atoms with Crippen molar-refractivity contribution in [3.8, 4) is 0 Å². The highest BCUT2D eigenvalue weighted by Gasteiger charge is 2.33. The van der Waals surface area contributed by atoms with Crippen molar-refractivity contribution in [3.05, 3.63) is 46.4 Å². The van der Waals surface area contributed by atoms with E-state index in [4.69, 9.17) is 4.74 Å². The van der Waals surface area contributed by atoms with Crippen LogP contribution in [0.5, 0.6) is 0 Å². The van der Waals surface area contributed by atoms with E-state index in [0.29, 0.717) is 30.9 Å². The molecule has 150 valence electrons. The van der Waals surface area contributed by atoms with Crippen LogP contribution in [0.15, 0.2) is 29.6 Å². The first-order valence-corrected chi connectivity index (χ1v) is 11.6. The highest BCUT2D eigenvalue weighted by atomic mass is 32.2. The molecule has 2 aliphatic rings. The second kappa shape index (κ2) is 8.29. The van der Waals surface area contributed by atoms with Gasteiger partial charge in [-0.25, -0.2) is 13.1 Å². The lowest BCUT2D eigenvalue weighted by Gasteiger charge is -2.37. The lowest BCUT2D eigenvalue weighted by atomic mass is 9.87. The Kier molecular flexibility index (Phi) is 6.23. The summed E-state index contributed by atoms with van der Waals surface area (Å²) in [4.78, 5) is 12.8. The molecular formula is C20H30N2O4S. The van der Waals surface area contributed by atoms with Crippen molar-refractivity contribution < 1.29 is 13.2 Å². The molecule has 27 heavy (non-hydrogen) atoms. The highest BCUT2D eigenvalue weighted by molar-refractivity contribution is 7.88. The molecule has 1 fully saturated rings. The van der Waals surface area contributed by atoms with Crippen LogP contribution in [0.25, 0.3) is 0 Å². The molecule has 2 heterocycles. The molecule has 0 aromatic carbocycles. The fraction of sp³-hybridized carbons (Fsp3) is 0.650. The summed E-state index contributed by atoms with van der Waals surface area (Å²) in [5, 5.41) is 0. The van der Waals surface area contributed by atoms with E-state index in [1.165, 1.54) is 0 Å². The van der Waals surface area contributed by atoms with Gasteiger partial charge in [-0.05, 0) is 57.4 Å². The minimum absolute atomic E-state index is 0.0588. The van der Waals surface area contributed by atoms with Crippen molar-refractivity contribution >= 4 is 10.0 Å². The van der Waals surface area contributed by atoms with Crippen LogP contribution in [0.4, 0.5) is 0 Å². The van der Waals surface area contributed by atoms with E-state index >= 15 is 0 Å². The molecule has 2 atom stereocenters. The summed E-state index contributed by atoms with van der Waals surface area (Å²) < 4.78 is 34.3. The van der Waals surface area contributed by atoms with Gasteiger partial charge in [0.05, 0.1) is 25.0 Å². The number of pyridine rings is 1. The summed E-state index contributed by atoms with van der Waals surface area (Å²) in [6.45, 7) is 6.00. The van der Waals surface area contributed by atoms with Crippen LogP contribution in [-0.4, -0.2) is 38.0 Å². The van der Waals surface area contributed by atoms with E-state index in [1.54, 1.807) is 11.5 Å². The Morgan fingerprint density at radius 1 is 1.26 bits per heavy atom. The van der Waals surface area contributed by atoms with Crippen LogP contribution >= 0.6 is 0 Å². The van der Waals surface area contributed by atoms with Gasteiger partial charge in [-0.1, -0.05) is 12.1 Å². The predicted molar refractivity (Wildman–Crippen MR) is 106 cm³/mol. The normalized spacial score (nSPS) is 28.5. The molecule has 2 unspecified atom stereocenters. The van der Waals surface area contributed by atoms with Crippen LogP contribution in [-0.2, 0) is 21.2 Å². The Labute approximate surface area is 161 Å². The van der Waals surface area contributed by atoms with Gasteiger partial charge in [-0.3, -0.25) is 4.79 Å². The zero-order valence-corrected chi connectivity index (χ0v) is 17.0. The first-order valence-electron chi connectivity index (χ1n) is 9.71. The molecule has 3 rings (SSSR count). The Morgan fingerprint density at radius 3 is 2.59 bits per heavy atom. The third-order valence-electron chi connectivity index (χ3n) is 5.82. The van der Waals surface area contributed by atoms with Gasteiger partial charge in [0.1, 0.15) is 0 Å². The van der Waals surface area contributed by atoms with Crippen molar-refractivity contribution in [2.45, 2.75) is 63.6 Å². The number of hydrogen-bond acceptors (Lipinski definition) is 4. The van der Waals surface area contributed by atoms with Gasteiger partial charge in [0.15, 0.2) is 0 Å². The van der Waals surface area contributed by atoms with Gasteiger partial charge in [-0.15, -0.1) is 6.58 Å². The van der Waals surface area contributed by atoms with E-state index in [0.717, 1.165) is 37.6 Å². The number of ether oxygens (including phenoxy) is 1. The van der Waals surface area contributed by atoms with Crippen molar-refractivity contribution in [2.75, 3.05) is 12.9 Å². The van der Waals surface area contributed by atoms with Crippen LogP contribution in [0, 0.1) is 12.8 Å². The second-order valence-corrected chi connectivity index (χ2v) is 9.67. The van der Waals surface area contributed by atoms with Gasteiger partial charge in [0, 0.05) is 17.3 Å². The quantitative estimate of drug-likeness (QED) is 0.751. The van der Waals surface area contributed by atoms with Crippen LogP contribution < -0.4 is 10.3 Å². The summed E-state index contributed by atoms with van der Waals surface area (Å²) >= 11 is 0. The van der Waals surface area contributed by atoms with Crippen molar-refractivity contribution in [1.82, 2.24) is 9.29 Å². The van der Waals surface area contributed by atoms with E-state index < -0.39 is 10.0 Å². The molecule has 1 saturated carbocycles. The molecule has 0 radical (unpaired) electrons. The minimum Gasteiger partial charge on any atom is -0.376 e. The van der Waals surface area contributed by atoms with Crippen molar-refractivity contribution in [1.29, 1.82) is 0 Å². The summed E-state index contributed by atoms with van der Waals surface area (Å²) in [7, 11) is -3.37. The van der Waals surface area contributed by atoms with Crippen molar-refractivity contribution in [3.63, 3.8) is 0 Å². The standard InChI is InChI=1S/C20H30N2O4S/c1-4-15-6-10-17(11-7-15)26-13-19-18(21-27(3,24)25)12-9-16-8-5-14(2)20(23)22(16)19/h4-5,8,15,17-19,21H,1,6-7,9-13H2,2-3H3. The molecular weight excluding hydrogens is 364 g/mol. The first-order chi connectivity index (χ1) is 12.8. The number of allylic oxidation sites excluding steroid dienone is 1. The fourth-order valence-corrected chi connectivity index (χ4v) is 5.09. The molecule has 6 nitrogen and oxygen atoms in total. The Bertz CT molecular complexity index is 838. The lowest BCUT2D eigenvalue weighted by molar-refractivity contribution is -0.00351. The zero-order chi connectivity index (χ0) is 19.6. The SMILES string of the molecule is C=CC1CCC(OCC2C(NS(C)(=O)=O)CCc3ccc(C)c(=O)n32)CC1. The predicted octanol–water partition coefficient (Wildman–Crippen LogP) is 2.32. The van der Waals surface area contributed by atoms with Gasteiger partial charge < -0.3 is 9.30 Å². The summed E-state index contributed by atoms with van der Waals surface area (Å²) in [5.41, 5.74) is 1.55. The van der Waals surface area contributed by atoms with E-state index in [-0.39, 0.29) is 23.7 Å². The van der Waals surface area contributed by atoms with Crippen LogP contribution in [0.1, 0.15) is 49.4 Å². The number of hydrogen-bond donors (Lipinski definition) is 1. The maximum atomic E-state index is 12.8.